The van der Waals surface area contributed by atoms with E-state index in [2.05, 4.69) is 20.6 Å². The van der Waals surface area contributed by atoms with Gasteiger partial charge in [-0.3, -0.25) is 0 Å². The van der Waals surface area contributed by atoms with Gasteiger partial charge in [0.2, 0.25) is 0 Å². The highest BCUT2D eigenvalue weighted by Crippen LogP contribution is 2.22. The summed E-state index contributed by atoms with van der Waals surface area (Å²) in [6, 6.07) is 0. The maximum Gasteiger partial charge on any atom is 0.397 e. The molecule has 0 aliphatic carbocycles. The highest BCUT2D eigenvalue weighted by molar-refractivity contribution is 7.98. The van der Waals surface area contributed by atoms with Crippen molar-refractivity contribution in [2.45, 2.75) is 11.9 Å². The third-order valence-corrected chi connectivity index (χ3v) is 1.88. The fourth-order valence-corrected chi connectivity index (χ4v) is 1.14. The van der Waals surface area contributed by atoms with Crippen LogP contribution in [0.1, 0.15) is 5.82 Å². The number of thioether (sulfide) groups is 1. The van der Waals surface area contributed by atoms with Gasteiger partial charge in [0.05, 0.1) is 11.5 Å². The van der Waals surface area contributed by atoms with Crippen LogP contribution in [0, 0.1) is 0 Å². The van der Waals surface area contributed by atoms with Crippen LogP contribution < -0.4 is 0 Å². The molecule has 0 radical (unpaired) electrons. The molecule has 0 amide bonds. The van der Waals surface area contributed by atoms with Crippen molar-refractivity contribution in [2.24, 2.45) is 0 Å². The molecule has 1 heterocycles. The third-order valence-electron chi connectivity index (χ3n) is 0.886. The highest BCUT2D eigenvalue weighted by atomic mass is 32.2. The van der Waals surface area contributed by atoms with Crippen LogP contribution in [0.5, 0.6) is 0 Å². The molecule has 4 nitrogen and oxygen atoms in total. The summed E-state index contributed by atoms with van der Waals surface area (Å²) in [5.41, 5.74) is 0. The van der Waals surface area contributed by atoms with Crippen LogP contribution in [0.25, 0.3) is 0 Å². The zero-order chi connectivity index (χ0) is 9.03. The van der Waals surface area contributed by atoms with Gasteiger partial charge in [0.25, 0.3) is 0 Å². The van der Waals surface area contributed by atoms with Crippen molar-refractivity contribution in [2.75, 3.05) is 5.75 Å². The SMILES string of the molecule is FC(F)(F)CSCc1nn[nH]n1. The smallest absolute Gasteiger partial charge is 0.177 e. The van der Waals surface area contributed by atoms with Crippen molar-refractivity contribution >= 4 is 11.8 Å². The molecule has 0 spiro atoms. The molecule has 1 aromatic rings. The van der Waals surface area contributed by atoms with Gasteiger partial charge in [-0.15, -0.1) is 22.0 Å². The Balaban J connectivity index is 2.20. The lowest BCUT2D eigenvalue weighted by Gasteiger charge is -2.02. The molecule has 0 aromatic carbocycles. The van der Waals surface area contributed by atoms with Crippen molar-refractivity contribution in [3.63, 3.8) is 0 Å². The fraction of sp³-hybridized carbons (Fsp3) is 0.750. The predicted molar refractivity (Wildman–Crippen MR) is 36.4 cm³/mol. The summed E-state index contributed by atoms with van der Waals surface area (Å²) in [4.78, 5) is 0. The number of hydrogen-bond acceptors (Lipinski definition) is 4. The molecule has 68 valence electrons. The molecule has 1 aromatic heterocycles. The lowest BCUT2D eigenvalue weighted by molar-refractivity contribution is -0.105. The second-order valence-corrected chi connectivity index (χ2v) is 2.92. The summed E-state index contributed by atoms with van der Waals surface area (Å²) in [7, 11) is 0. The van der Waals surface area contributed by atoms with Crippen molar-refractivity contribution in [3.05, 3.63) is 5.82 Å². The van der Waals surface area contributed by atoms with Crippen LogP contribution in [-0.2, 0) is 5.75 Å². The number of tetrazole rings is 1. The number of aromatic nitrogens is 4. The molecular formula is C4H5F3N4S. The van der Waals surface area contributed by atoms with Crippen LogP contribution in [0.3, 0.4) is 0 Å². The number of H-pyrrole nitrogens is 1. The molecule has 0 fully saturated rings. The van der Waals surface area contributed by atoms with Crippen molar-refractivity contribution in [1.82, 2.24) is 20.6 Å². The van der Waals surface area contributed by atoms with E-state index >= 15 is 0 Å². The number of halogens is 3. The van der Waals surface area contributed by atoms with Crippen LogP contribution in [0.2, 0.25) is 0 Å². The minimum atomic E-state index is -4.13. The lowest BCUT2D eigenvalue weighted by atomic mass is 10.7. The summed E-state index contributed by atoms with van der Waals surface area (Å²) in [5, 5.41) is 12.4. The molecular weight excluding hydrogens is 193 g/mol. The van der Waals surface area contributed by atoms with E-state index in [1.807, 2.05) is 0 Å². The molecule has 0 aliphatic rings. The number of alkyl halides is 3. The van der Waals surface area contributed by atoms with Gasteiger partial charge >= 0.3 is 6.18 Å². The summed E-state index contributed by atoms with van der Waals surface area (Å²) < 4.78 is 34.8. The second-order valence-electron chi connectivity index (χ2n) is 1.94. The van der Waals surface area contributed by atoms with E-state index in [4.69, 9.17) is 0 Å². The van der Waals surface area contributed by atoms with E-state index < -0.39 is 11.9 Å². The van der Waals surface area contributed by atoms with Gasteiger partial charge in [-0.25, -0.2) is 0 Å². The van der Waals surface area contributed by atoms with Crippen LogP contribution in [-0.4, -0.2) is 32.6 Å². The van der Waals surface area contributed by atoms with Crippen molar-refractivity contribution < 1.29 is 13.2 Å². The fourth-order valence-electron chi connectivity index (χ4n) is 0.502. The molecule has 0 unspecified atom stereocenters. The minimum absolute atomic E-state index is 0.121. The van der Waals surface area contributed by atoms with Crippen molar-refractivity contribution in [3.8, 4) is 0 Å². The molecule has 0 atom stereocenters. The summed E-state index contributed by atoms with van der Waals surface area (Å²) >= 11 is 0.708. The summed E-state index contributed by atoms with van der Waals surface area (Å²) in [6.07, 6.45) is -4.13. The van der Waals surface area contributed by atoms with Crippen LogP contribution >= 0.6 is 11.8 Å². The number of aromatic amines is 1. The Morgan fingerprint density at radius 2 is 2.17 bits per heavy atom. The van der Waals surface area contributed by atoms with Gasteiger partial charge in [-0.1, -0.05) is 5.21 Å². The third kappa shape index (κ3) is 3.56. The molecule has 1 rings (SSSR count). The van der Waals surface area contributed by atoms with E-state index in [9.17, 15) is 13.2 Å². The lowest BCUT2D eigenvalue weighted by Crippen LogP contribution is -2.10. The van der Waals surface area contributed by atoms with E-state index in [0.29, 0.717) is 11.8 Å². The molecule has 0 bridgehead atoms. The van der Waals surface area contributed by atoms with Crippen molar-refractivity contribution in [1.29, 1.82) is 0 Å². The molecule has 8 heteroatoms. The first-order valence-electron chi connectivity index (χ1n) is 2.95. The second kappa shape index (κ2) is 3.74. The van der Waals surface area contributed by atoms with Crippen LogP contribution in [0.4, 0.5) is 13.2 Å². The average Bonchev–Trinajstić information content (AvgIpc) is 2.36. The minimum Gasteiger partial charge on any atom is -0.177 e. The van der Waals surface area contributed by atoms with Gasteiger partial charge in [0.15, 0.2) is 5.82 Å². The van der Waals surface area contributed by atoms with E-state index in [1.165, 1.54) is 0 Å². The molecule has 0 saturated heterocycles. The molecule has 1 N–H and O–H groups in total. The quantitative estimate of drug-likeness (QED) is 0.787. The van der Waals surface area contributed by atoms with Crippen LogP contribution in [0.15, 0.2) is 0 Å². The predicted octanol–water partition coefficient (Wildman–Crippen LogP) is 0.995. The largest absolute Gasteiger partial charge is 0.397 e. The Labute approximate surface area is 69.9 Å². The Kier molecular flexibility index (Phi) is 2.90. The Hall–Kier alpha value is -0.790. The van der Waals surface area contributed by atoms with E-state index in [0.717, 1.165) is 0 Å². The number of hydrogen-bond donors (Lipinski definition) is 1. The van der Waals surface area contributed by atoms with E-state index in [-0.39, 0.29) is 11.6 Å². The first-order chi connectivity index (χ1) is 5.58. The molecule has 12 heavy (non-hydrogen) atoms. The Morgan fingerprint density at radius 3 is 2.67 bits per heavy atom. The topological polar surface area (TPSA) is 54.5 Å². The van der Waals surface area contributed by atoms with Gasteiger partial charge in [0, 0.05) is 0 Å². The first kappa shape index (κ1) is 9.30. The Morgan fingerprint density at radius 1 is 1.42 bits per heavy atom. The normalized spacial score (nSPS) is 11.9. The zero-order valence-corrected chi connectivity index (χ0v) is 6.61. The van der Waals surface area contributed by atoms with Gasteiger partial charge in [0.1, 0.15) is 0 Å². The maximum atomic E-state index is 11.6. The summed E-state index contributed by atoms with van der Waals surface area (Å²) in [5.74, 6) is -0.485. The summed E-state index contributed by atoms with van der Waals surface area (Å²) in [6.45, 7) is 0. The number of nitrogens with zero attached hydrogens (tertiary/aromatic N) is 3. The van der Waals surface area contributed by atoms with Gasteiger partial charge < -0.3 is 0 Å². The monoisotopic (exact) mass is 198 g/mol. The first-order valence-corrected chi connectivity index (χ1v) is 4.10. The van der Waals surface area contributed by atoms with Gasteiger partial charge in [-0.05, 0) is 0 Å². The zero-order valence-electron chi connectivity index (χ0n) is 5.80. The molecule has 0 saturated carbocycles. The molecule has 0 aliphatic heterocycles. The average molecular weight is 198 g/mol. The number of rotatable bonds is 3. The van der Waals surface area contributed by atoms with Gasteiger partial charge in [-0.2, -0.15) is 18.4 Å². The van der Waals surface area contributed by atoms with E-state index in [1.54, 1.807) is 0 Å². The maximum absolute atomic E-state index is 11.6. The Bertz CT molecular complexity index is 221. The highest BCUT2D eigenvalue weighted by Gasteiger charge is 2.26. The number of nitrogens with one attached hydrogen (secondary N) is 1. The standard InChI is InChI=1S/C4H5F3N4S/c5-4(6,7)2-12-1-3-8-10-11-9-3/h1-2H2,(H,8,9,10,11).